The molecule has 1 heterocycles. The van der Waals surface area contributed by atoms with Gasteiger partial charge in [-0.15, -0.1) is 11.3 Å². The fourth-order valence-electron chi connectivity index (χ4n) is 2.17. The molecular formula is C13H20N2OS. The van der Waals surface area contributed by atoms with Crippen LogP contribution in [0.25, 0.3) is 0 Å². The molecule has 1 aromatic rings. The van der Waals surface area contributed by atoms with Gasteiger partial charge in [0.05, 0.1) is 0 Å². The van der Waals surface area contributed by atoms with Crippen molar-refractivity contribution >= 4 is 22.3 Å². The van der Waals surface area contributed by atoms with Crippen LogP contribution in [-0.2, 0) is 6.42 Å². The Morgan fingerprint density at radius 2 is 2.18 bits per heavy atom. The number of thiazole rings is 1. The first-order valence-corrected chi connectivity index (χ1v) is 7.21. The zero-order valence-electron chi connectivity index (χ0n) is 10.8. The summed E-state index contributed by atoms with van der Waals surface area (Å²) in [5.41, 5.74) is 0.749. The minimum Gasteiger partial charge on any atom is -0.348 e. The molecule has 1 aliphatic rings. The van der Waals surface area contributed by atoms with Crippen LogP contribution in [0.1, 0.15) is 49.0 Å². The van der Waals surface area contributed by atoms with Gasteiger partial charge >= 0.3 is 0 Å². The van der Waals surface area contributed by atoms with Gasteiger partial charge in [-0.3, -0.25) is 4.79 Å². The Bertz CT molecular complexity index is 412. The molecule has 2 rings (SSSR count). The van der Waals surface area contributed by atoms with Crippen molar-refractivity contribution in [3.63, 3.8) is 0 Å². The highest BCUT2D eigenvalue weighted by molar-refractivity contribution is 7.16. The maximum Gasteiger partial charge on any atom is 0.186 e. The Hall–Kier alpha value is -0.900. The van der Waals surface area contributed by atoms with E-state index in [1.165, 1.54) is 4.88 Å². The van der Waals surface area contributed by atoms with E-state index in [0.717, 1.165) is 36.8 Å². The van der Waals surface area contributed by atoms with Crippen molar-refractivity contribution in [1.82, 2.24) is 4.98 Å². The van der Waals surface area contributed by atoms with Gasteiger partial charge in [-0.25, -0.2) is 4.98 Å². The molecule has 0 bridgehead atoms. The molecule has 0 spiro atoms. The minimum atomic E-state index is 0.231. The van der Waals surface area contributed by atoms with Crippen molar-refractivity contribution in [2.24, 2.45) is 5.92 Å². The van der Waals surface area contributed by atoms with Gasteiger partial charge in [0.1, 0.15) is 5.69 Å². The van der Waals surface area contributed by atoms with Gasteiger partial charge in [-0.1, -0.05) is 13.8 Å². The second-order valence-electron chi connectivity index (χ2n) is 4.98. The van der Waals surface area contributed by atoms with Gasteiger partial charge in [0, 0.05) is 24.4 Å². The molecule has 94 valence electrons. The third-order valence-electron chi connectivity index (χ3n) is 3.00. The van der Waals surface area contributed by atoms with E-state index >= 15 is 0 Å². The number of carbonyl (C=O) groups is 1. The van der Waals surface area contributed by atoms with Crippen molar-refractivity contribution in [2.75, 3.05) is 18.0 Å². The summed E-state index contributed by atoms with van der Waals surface area (Å²) in [6.45, 7) is 8.53. The molecule has 0 radical (unpaired) electrons. The van der Waals surface area contributed by atoms with Crippen molar-refractivity contribution in [3.05, 3.63) is 10.6 Å². The third kappa shape index (κ3) is 2.68. The third-order valence-corrected chi connectivity index (χ3v) is 4.17. The summed E-state index contributed by atoms with van der Waals surface area (Å²) in [5.74, 6) is 0.848. The summed E-state index contributed by atoms with van der Waals surface area (Å²) in [6, 6.07) is 0. The van der Waals surface area contributed by atoms with E-state index in [2.05, 4.69) is 30.7 Å². The maximum absolute atomic E-state index is 11.8. The molecule has 0 saturated carbocycles. The van der Waals surface area contributed by atoms with Gasteiger partial charge in [0.15, 0.2) is 10.9 Å². The molecular weight excluding hydrogens is 232 g/mol. The Kier molecular flexibility index (Phi) is 3.82. The minimum absolute atomic E-state index is 0.231. The second-order valence-corrected chi connectivity index (χ2v) is 6.04. The van der Waals surface area contributed by atoms with Crippen LogP contribution in [0.4, 0.5) is 5.13 Å². The van der Waals surface area contributed by atoms with E-state index in [1.807, 2.05) is 0 Å². The summed E-state index contributed by atoms with van der Waals surface area (Å²) in [5, 5.41) is 1.03. The highest BCUT2D eigenvalue weighted by atomic mass is 32.1. The van der Waals surface area contributed by atoms with E-state index in [-0.39, 0.29) is 5.78 Å². The molecule has 1 aliphatic carbocycles. The first kappa shape index (κ1) is 12.6. The Morgan fingerprint density at radius 1 is 1.41 bits per heavy atom. The molecule has 4 heteroatoms. The fourth-order valence-corrected chi connectivity index (χ4v) is 3.37. The van der Waals surface area contributed by atoms with Crippen LogP contribution in [0.5, 0.6) is 0 Å². The smallest absolute Gasteiger partial charge is 0.186 e. The van der Waals surface area contributed by atoms with E-state index < -0.39 is 0 Å². The van der Waals surface area contributed by atoms with Gasteiger partial charge in [-0.2, -0.15) is 0 Å². The number of Topliss-reactive ketones (excluding diaryl/α,β-unsaturated/α-hetero) is 1. The highest BCUT2D eigenvalue weighted by Gasteiger charge is 2.23. The maximum atomic E-state index is 11.8. The molecule has 1 aromatic heterocycles. The largest absolute Gasteiger partial charge is 0.348 e. The number of hydrogen-bond acceptors (Lipinski definition) is 4. The van der Waals surface area contributed by atoms with E-state index in [4.69, 9.17) is 0 Å². The normalized spacial score (nSPS) is 15.2. The molecule has 0 aliphatic heterocycles. The summed E-state index contributed by atoms with van der Waals surface area (Å²) in [6.07, 6.45) is 2.69. The lowest BCUT2D eigenvalue weighted by Gasteiger charge is -2.21. The number of carbonyl (C=O) groups excluding carboxylic acids is 1. The average Bonchev–Trinajstić information content (AvgIpc) is 2.70. The molecule has 0 aromatic carbocycles. The van der Waals surface area contributed by atoms with Crippen LogP contribution in [0, 0.1) is 5.92 Å². The first-order chi connectivity index (χ1) is 8.11. The Labute approximate surface area is 107 Å². The van der Waals surface area contributed by atoms with E-state index in [9.17, 15) is 4.79 Å². The Balaban J connectivity index is 2.23. The second kappa shape index (κ2) is 5.17. The number of anilines is 1. The number of ketones is 1. The molecule has 0 N–H and O–H groups in total. The topological polar surface area (TPSA) is 33.2 Å². The summed E-state index contributed by atoms with van der Waals surface area (Å²) >= 11 is 1.71. The number of aromatic nitrogens is 1. The zero-order chi connectivity index (χ0) is 12.4. The van der Waals surface area contributed by atoms with Crippen molar-refractivity contribution in [2.45, 2.75) is 40.0 Å². The van der Waals surface area contributed by atoms with Crippen molar-refractivity contribution in [1.29, 1.82) is 0 Å². The van der Waals surface area contributed by atoms with E-state index in [0.29, 0.717) is 12.3 Å². The van der Waals surface area contributed by atoms with Crippen LogP contribution in [0.3, 0.4) is 0 Å². The van der Waals surface area contributed by atoms with Gasteiger partial charge in [-0.05, 0) is 25.7 Å². The number of aryl methyl sites for hydroxylation is 1. The Morgan fingerprint density at radius 3 is 2.76 bits per heavy atom. The number of fused-ring (bicyclic) bond motifs is 1. The van der Waals surface area contributed by atoms with Crippen LogP contribution >= 0.6 is 11.3 Å². The van der Waals surface area contributed by atoms with Crippen LogP contribution in [0.2, 0.25) is 0 Å². The van der Waals surface area contributed by atoms with Gasteiger partial charge in [0.2, 0.25) is 0 Å². The fraction of sp³-hybridized carbons (Fsp3) is 0.692. The number of nitrogens with zero attached hydrogens (tertiary/aromatic N) is 2. The zero-order valence-corrected chi connectivity index (χ0v) is 11.6. The lowest BCUT2D eigenvalue weighted by molar-refractivity contribution is 0.0968. The molecule has 3 nitrogen and oxygen atoms in total. The first-order valence-electron chi connectivity index (χ1n) is 6.39. The van der Waals surface area contributed by atoms with Gasteiger partial charge < -0.3 is 4.90 Å². The van der Waals surface area contributed by atoms with Crippen LogP contribution in [-0.4, -0.2) is 23.9 Å². The highest BCUT2D eigenvalue weighted by Crippen LogP contribution is 2.31. The predicted octanol–water partition coefficient (Wildman–Crippen LogP) is 3.14. The van der Waals surface area contributed by atoms with Crippen molar-refractivity contribution in [3.8, 4) is 0 Å². The molecule has 0 saturated heterocycles. The van der Waals surface area contributed by atoms with Crippen LogP contribution in [0.15, 0.2) is 0 Å². The standard InChI is InChI=1S/C13H20N2OS/c1-4-15(8-9(2)3)13-14-12-10(16)6-5-7-11(12)17-13/h9H,4-8H2,1-3H3. The molecule has 0 unspecified atom stereocenters. The molecule has 0 amide bonds. The molecule has 0 atom stereocenters. The quantitative estimate of drug-likeness (QED) is 0.825. The average molecular weight is 252 g/mol. The predicted molar refractivity (Wildman–Crippen MR) is 72.1 cm³/mol. The van der Waals surface area contributed by atoms with Crippen molar-refractivity contribution < 1.29 is 4.79 Å². The monoisotopic (exact) mass is 252 g/mol. The summed E-state index contributed by atoms with van der Waals surface area (Å²) in [4.78, 5) is 19.8. The lowest BCUT2D eigenvalue weighted by atomic mass is 10.0. The van der Waals surface area contributed by atoms with Gasteiger partial charge in [0.25, 0.3) is 0 Å². The number of hydrogen-bond donors (Lipinski definition) is 0. The lowest BCUT2D eigenvalue weighted by Crippen LogP contribution is -2.27. The number of rotatable bonds is 4. The summed E-state index contributed by atoms with van der Waals surface area (Å²) in [7, 11) is 0. The molecule has 17 heavy (non-hydrogen) atoms. The van der Waals surface area contributed by atoms with Crippen LogP contribution < -0.4 is 4.90 Å². The summed E-state index contributed by atoms with van der Waals surface area (Å²) < 4.78 is 0. The molecule has 0 fully saturated rings. The van der Waals surface area contributed by atoms with E-state index in [1.54, 1.807) is 11.3 Å². The SMILES string of the molecule is CCN(CC(C)C)c1nc2c(s1)CCCC2=O.